The van der Waals surface area contributed by atoms with Gasteiger partial charge in [-0.2, -0.15) is 0 Å². The summed E-state index contributed by atoms with van der Waals surface area (Å²) in [6.07, 6.45) is 4.53. The maximum Gasteiger partial charge on any atom is 0.326 e. The quantitative estimate of drug-likeness (QED) is 0.664. The van der Waals surface area contributed by atoms with Crippen molar-refractivity contribution in [3.05, 3.63) is 0 Å². The summed E-state index contributed by atoms with van der Waals surface area (Å²) in [4.78, 5) is 21.1. The van der Waals surface area contributed by atoms with E-state index in [1.165, 1.54) is 6.42 Å². The molecule has 1 rings (SSSR count). The maximum atomic E-state index is 10.9. The summed E-state index contributed by atoms with van der Waals surface area (Å²) in [5.74, 6) is -0.248. The van der Waals surface area contributed by atoms with Gasteiger partial charge in [-0.05, 0) is 24.7 Å². The molecule has 0 aromatic rings. The van der Waals surface area contributed by atoms with Crippen molar-refractivity contribution >= 4 is 12.4 Å². The Balaban J connectivity index is 2.57. The van der Waals surface area contributed by atoms with Crippen LogP contribution in [-0.4, -0.2) is 23.5 Å². The van der Waals surface area contributed by atoms with Crippen LogP contribution in [0.2, 0.25) is 0 Å². The monoisotopic (exact) mass is 199 g/mol. The second-order valence-electron chi connectivity index (χ2n) is 4.13. The van der Waals surface area contributed by atoms with Gasteiger partial charge in [-0.3, -0.25) is 4.79 Å². The first kappa shape index (κ1) is 11.0. The number of carboxylic acid groups (broad SMARTS) is 1. The number of carbonyl (C=O) groups excluding carboxylic acids is 1. The molecular weight excluding hydrogens is 182 g/mol. The average Bonchev–Trinajstić information content (AvgIpc) is 2.13. The van der Waals surface area contributed by atoms with Crippen LogP contribution in [0, 0.1) is 11.8 Å². The van der Waals surface area contributed by atoms with Gasteiger partial charge >= 0.3 is 5.97 Å². The highest BCUT2D eigenvalue weighted by molar-refractivity contribution is 5.76. The Morgan fingerprint density at radius 1 is 1.57 bits per heavy atom. The zero-order valence-electron chi connectivity index (χ0n) is 8.40. The summed E-state index contributed by atoms with van der Waals surface area (Å²) in [7, 11) is 0. The van der Waals surface area contributed by atoms with E-state index < -0.39 is 12.0 Å². The number of rotatable bonds is 4. The number of carboxylic acids is 1. The van der Waals surface area contributed by atoms with Crippen LogP contribution in [0.25, 0.3) is 0 Å². The molecule has 1 aliphatic rings. The lowest BCUT2D eigenvalue weighted by Crippen LogP contribution is -2.43. The SMILES string of the molecule is CC1CCCC(C(NC=O)C(=O)O)C1. The summed E-state index contributed by atoms with van der Waals surface area (Å²) in [5.41, 5.74) is 0. The molecule has 0 spiro atoms. The van der Waals surface area contributed by atoms with E-state index in [2.05, 4.69) is 12.2 Å². The average molecular weight is 199 g/mol. The molecule has 0 aromatic carbocycles. The van der Waals surface area contributed by atoms with E-state index in [9.17, 15) is 9.59 Å². The van der Waals surface area contributed by atoms with Gasteiger partial charge in [0.15, 0.2) is 0 Å². The molecule has 1 fully saturated rings. The van der Waals surface area contributed by atoms with Crippen molar-refractivity contribution in [3.63, 3.8) is 0 Å². The standard InChI is InChI=1S/C10H17NO3/c1-7-3-2-4-8(5-7)9(10(13)14)11-6-12/h6-9H,2-5H2,1H3,(H,11,12)(H,13,14). The summed E-state index contributed by atoms with van der Waals surface area (Å²) in [6.45, 7) is 2.13. The van der Waals surface area contributed by atoms with Gasteiger partial charge in [-0.1, -0.05) is 19.8 Å². The third kappa shape index (κ3) is 2.72. The molecule has 14 heavy (non-hydrogen) atoms. The van der Waals surface area contributed by atoms with Crippen LogP contribution >= 0.6 is 0 Å². The second kappa shape index (κ2) is 4.98. The molecule has 1 saturated carbocycles. The lowest BCUT2D eigenvalue weighted by Gasteiger charge is -2.30. The fourth-order valence-corrected chi connectivity index (χ4v) is 2.27. The molecule has 0 saturated heterocycles. The molecule has 0 aromatic heterocycles. The predicted octanol–water partition coefficient (Wildman–Crippen LogP) is 1.01. The highest BCUT2D eigenvalue weighted by atomic mass is 16.4. The summed E-state index contributed by atoms with van der Waals surface area (Å²) in [6, 6.07) is -0.699. The number of nitrogens with one attached hydrogen (secondary N) is 1. The van der Waals surface area contributed by atoms with E-state index >= 15 is 0 Å². The Morgan fingerprint density at radius 2 is 2.29 bits per heavy atom. The minimum atomic E-state index is -0.920. The highest BCUT2D eigenvalue weighted by Gasteiger charge is 2.30. The number of hydrogen-bond acceptors (Lipinski definition) is 2. The minimum Gasteiger partial charge on any atom is -0.480 e. The molecule has 4 nitrogen and oxygen atoms in total. The first-order chi connectivity index (χ1) is 6.65. The van der Waals surface area contributed by atoms with Gasteiger partial charge in [-0.25, -0.2) is 4.79 Å². The zero-order chi connectivity index (χ0) is 10.6. The minimum absolute atomic E-state index is 0.0986. The van der Waals surface area contributed by atoms with Crippen molar-refractivity contribution in [3.8, 4) is 0 Å². The Bertz CT molecular complexity index is 217. The molecule has 0 bridgehead atoms. The van der Waals surface area contributed by atoms with Gasteiger partial charge in [0.1, 0.15) is 6.04 Å². The van der Waals surface area contributed by atoms with Gasteiger partial charge in [0.2, 0.25) is 6.41 Å². The van der Waals surface area contributed by atoms with E-state index in [4.69, 9.17) is 5.11 Å². The lowest BCUT2D eigenvalue weighted by atomic mass is 9.78. The molecule has 0 aliphatic heterocycles. The van der Waals surface area contributed by atoms with Crippen molar-refractivity contribution in [2.75, 3.05) is 0 Å². The molecule has 2 N–H and O–H groups in total. The molecule has 4 heteroatoms. The van der Waals surface area contributed by atoms with Gasteiger partial charge in [-0.15, -0.1) is 0 Å². The van der Waals surface area contributed by atoms with Gasteiger partial charge in [0.25, 0.3) is 0 Å². The lowest BCUT2D eigenvalue weighted by molar-refractivity contribution is -0.142. The molecule has 1 aliphatic carbocycles. The molecule has 3 unspecified atom stereocenters. The van der Waals surface area contributed by atoms with Crippen LogP contribution in [-0.2, 0) is 9.59 Å². The molecule has 0 radical (unpaired) electrons. The Kier molecular flexibility index (Phi) is 3.92. The van der Waals surface area contributed by atoms with Crippen molar-refractivity contribution in [2.24, 2.45) is 11.8 Å². The molecule has 80 valence electrons. The van der Waals surface area contributed by atoms with E-state index in [1.807, 2.05) is 0 Å². The third-order valence-electron chi connectivity index (χ3n) is 2.96. The van der Waals surface area contributed by atoms with Crippen LogP contribution in [0.5, 0.6) is 0 Å². The first-order valence-corrected chi connectivity index (χ1v) is 5.07. The number of carbonyl (C=O) groups is 2. The Labute approximate surface area is 83.7 Å². The number of aliphatic carboxylic acids is 1. The van der Waals surface area contributed by atoms with Crippen LogP contribution in [0.3, 0.4) is 0 Å². The summed E-state index contributed by atoms with van der Waals surface area (Å²) in [5, 5.41) is 11.3. The summed E-state index contributed by atoms with van der Waals surface area (Å²) < 4.78 is 0. The highest BCUT2D eigenvalue weighted by Crippen LogP contribution is 2.30. The number of hydrogen-bond donors (Lipinski definition) is 2. The third-order valence-corrected chi connectivity index (χ3v) is 2.96. The van der Waals surface area contributed by atoms with E-state index in [0.717, 1.165) is 19.3 Å². The van der Waals surface area contributed by atoms with Crippen molar-refractivity contribution < 1.29 is 14.7 Å². The van der Waals surface area contributed by atoms with Crippen molar-refractivity contribution in [1.29, 1.82) is 0 Å². The maximum absolute atomic E-state index is 10.9. The normalized spacial score (nSPS) is 29.2. The van der Waals surface area contributed by atoms with Crippen molar-refractivity contribution in [2.45, 2.75) is 38.6 Å². The van der Waals surface area contributed by atoms with Crippen LogP contribution in [0.15, 0.2) is 0 Å². The summed E-state index contributed by atoms with van der Waals surface area (Å²) >= 11 is 0. The fourth-order valence-electron chi connectivity index (χ4n) is 2.27. The molecule has 1 amide bonds. The van der Waals surface area contributed by atoms with E-state index in [0.29, 0.717) is 12.3 Å². The molecule has 0 heterocycles. The topological polar surface area (TPSA) is 66.4 Å². The van der Waals surface area contributed by atoms with Gasteiger partial charge < -0.3 is 10.4 Å². The van der Waals surface area contributed by atoms with Crippen LogP contribution in [0.1, 0.15) is 32.6 Å². The van der Waals surface area contributed by atoms with Gasteiger partial charge in [0, 0.05) is 0 Å². The zero-order valence-corrected chi connectivity index (χ0v) is 8.40. The largest absolute Gasteiger partial charge is 0.480 e. The first-order valence-electron chi connectivity index (χ1n) is 5.07. The van der Waals surface area contributed by atoms with E-state index in [1.54, 1.807) is 0 Å². The second-order valence-corrected chi connectivity index (χ2v) is 4.13. The fraction of sp³-hybridized carbons (Fsp3) is 0.800. The number of amides is 1. The van der Waals surface area contributed by atoms with Crippen molar-refractivity contribution in [1.82, 2.24) is 5.32 Å². The van der Waals surface area contributed by atoms with Gasteiger partial charge in [0.05, 0.1) is 0 Å². The predicted molar refractivity (Wildman–Crippen MR) is 51.7 cm³/mol. The van der Waals surface area contributed by atoms with Crippen LogP contribution < -0.4 is 5.32 Å². The smallest absolute Gasteiger partial charge is 0.326 e. The van der Waals surface area contributed by atoms with E-state index in [-0.39, 0.29) is 5.92 Å². The Hall–Kier alpha value is -1.06. The Morgan fingerprint density at radius 3 is 2.79 bits per heavy atom. The molecule has 3 atom stereocenters. The van der Waals surface area contributed by atoms with Crippen LogP contribution in [0.4, 0.5) is 0 Å². The molecular formula is C10H17NO3.